The van der Waals surface area contributed by atoms with Gasteiger partial charge in [0, 0.05) is 12.6 Å². The number of nitrogens with zero attached hydrogens (tertiary/aromatic N) is 3. The average molecular weight is 249 g/mol. The molecule has 4 N–H and O–H groups in total. The summed E-state index contributed by atoms with van der Waals surface area (Å²) < 4.78 is 5.10. The van der Waals surface area contributed by atoms with Gasteiger partial charge in [-0.25, -0.2) is 4.98 Å². The normalized spacial score (nSPS) is 10.6. The minimum Gasteiger partial charge on any atom is -0.395 e. The summed E-state index contributed by atoms with van der Waals surface area (Å²) in [5.74, 6) is 1.40. The van der Waals surface area contributed by atoms with Gasteiger partial charge in [-0.3, -0.25) is 0 Å². The molecule has 0 aromatic carbocycles. The van der Waals surface area contributed by atoms with Crippen LogP contribution in [0.15, 0.2) is 10.6 Å². The van der Waals surface area contributed by atoms with E-state index in [1.54, 1.807) is 6.07 Å². The van der Waals surface area contributed by atoms with Gasteiger partial charge in [-0.1, -0.05) is 5.16 Å². The fraction of sp³-hybridized carbons (Fsp3) is 0.364. The summed E-state index contributed by atoms with van der Waals surface area (Å²) in [6, 6.07) is 1.75. The van der Waals surface area contributed by atoms with Gasteiger partial charge < -0.3 is 20.7 Å². The number of anilines is 2. The van der Waals surface area contributed by atoms with Crippen molar-refractivity contribution < 1.29 is 9.63 Å². The van der Waals surface area contributed by atoms with Gasteiger partial charge in [-0.15, -0.1) is 0 Å². The highest BCUT2D eigenvalue weighted by Gasteiger charge is 2.14. The van der Waals surface area contributed by atoms with Crippen LogP contribution in [0.1, 0.15) is 11.5 Å². The summed E-state index contributed by atoms with van der Waals surface area (Å²) >= 11 is 0. The maximum absolute atomic E-state index is 8.78. The van der Waals surface area contributed by atoms with Crippen molar-refractivity contribution in [2.45, 2.75) is 13.8 Å². The molecule has 96 valence electrons. The van der Waals surface area contributed by atoms with Gasteiger partial charge >= 0.3 is 0 Å². The molecular formula is C11H15N5O2. The first-order chi connectivity index (χ1) is 8.61. The molecule has 0 fully saturated rings. The Bertz CT molecular complexity index is 533. The number of rotatable bonds is 4. The number of nitrogens with two attached hydrogens (primary N) is 1. The first kappa shape index (κ1) is 12.3. The topological polar surface area (TPSA) is 110 Å². The molecule has 0 spiro atoms. The molecule has 2 rings (SSSR count). The predicted octanol–water partition coefficient (Wildman–Crippen LogP) is 0.735. The molecule has 2 heterocycles. The second-order valence-electron chi connectivity index (χ2n) is 3.85. The molecule has 0 amide bonds. The van der Waals surface area contributed by atoms with E-state index in [1.165, 1.54) is 0 Å². The zero-order valence-corrected chi connectivity index (χ0v) is 10.3. The second kappa shape index (κ2) is 5.01. The van der Waals surface area contributed by atoms with Gasteiger partial charge in [0.1, 0.15) is 11.6 Å². The molecule has 0 bridgehead atoms. The van der Waals surface area contributed by atoms with Gasteiger partial charge in [0.2, 0.25) is 5.95 Å². The van der Waals surface area contributed by atoms with E-state index < -0.39 is 0 Å². The van der Waals surface area contributed by atoms with Gasteiger partial charge in [-0.05, 0) is 13.8 Å². The fourth-order valence-electron chi connectivity index (χ4n) is 1.72. The Morgan fingerprint density at radius 3 is 2.78 bits per heavy atom. The van der Waals surface area contributed by atoms with Gasteiger partial charge in [0.15, 0.2) is 0 Å². The molecule has 0 radical (unpaired) electrons. The number of hydrogen-bond donors (Lipinski definition) is 3. The third-order valence-corrected chi connectivity index (χ3v) is 2.45. The van der Waals surface area contributed by atoms with Crippen LogP contribution in [0.5, 0.6) is 0 Å². The number of aliphatic hydroxyl groups is 1. The van der Waals surface area contributed by atoms with Crippen LogP contribution in [0, 0.1) is 13.8 Å². The lowest BCUT2D eigenvalue weighted by atomic mass is 10.1. The second-order valence-corrected chi connectivity index (χ2v) is 3.85. The van der Waals surface area contributed by atoms with E-state index >= 15 is 0 Å². The Hall–Kier alpha value is -2.15. The van der Waals surface area contributed by atoms with Crippen molar-refractivity contribution in [3.05, 3.63) is 17.5 Å². The number of nitrogens with one attached hydrogen (secondary N) is 1. The van der Waals surface area contributed by atoms with E-state index in [9.17, 15) is 0 Å². The van der Waals surface area contributed by atoms with E-state index in [0.29, 0.717) is 23.8 Å². The van der Waals surface area contributed by atoms with Crippen molar-refractivity contribution in [2.24, 2.45) is 0 Å². The van der Waals surface area contributed by atoms with E-state index in [0.717, 1.165) is 11.3 Å². The lowest BCUT2D eigenvalue weighted by Crippen LogP contribution is -2.09. The Kier molecular flexibility index (Phi) is 3.42. The average Bonchev–Trinajstić information content (AvgIpc) is 2.66. The largest absolute Gasteiger partial charge is 0.395 e. The van der Waals surface area contributed by atoms with Crippen molar-refractivity contribution in [3.63, 3.8) is 0 Å². The van der Waals surface area contributed by atoms with Crippen LogP contribution >= 0.6 is 0 Å². The van der Waals surface area contributed by atoms with Crippen molar-refractivity contribution in [1.82, 2.24) is 15.1 Å². The molecule has 0 saturated carbocycles. The van der Waals surface area contributed by atoms with Gasteiger partial charge in [0.05, 0.1) is 23.6 Å². The molecule has 2 aromatic heterocycles. The summed E-state index contributed by atoms with van der Waals surface area (Å²) in [6.45, 7) is 4.07. The van der Waals surface area contributed by atoms with Crippen molar-refractivity contribution >= 4 is 11.8 Å². The molecule has 0 saturated heterocycles. The highest BCUT2D eigenvalue weighted by Crippen LogP contribution is 2.26. The fourth-order valence-corrected chi connectivity index (χ4v) is 1.72. The number of aryl methyl sites for hydroxylation is 2. The van der Waals surface area contributed by atoms with Crippen LogP contribution in [0.3, 0.4) is 0 Å². The molecule has 18 heavy (non-hydrogen) atoms. The molecule has 0 unspecified atom stereocenters. The highest BCUT2D eigenvalue weighted by molar-refractivity contribution is 5.67. The number of aliphatic hydroxyl groups excluding tert-OH is 1. The summed E-state index contributed by atoms with van der Waals surface area (Å²) in [7, 11) is 0. The predicted molar refractivity (Wildman–Crippen MR) is 67.0 cm³/mol. The lowest BCUT2D eigenvalue weighted by molar-refractivity contribution is 0.311. The quantitative estimate of drug-likeness (QED) is 0.732. The molecule has 0 aliphatic heterocycles. The van der Waals surface area contributed by atoms with Crippen molar-refractivity contribution in [3.8, 4) is 11.3 Å². The first-order valence-corrected chi connectivity index (χ1v) is 5.54. The van der Waals surface area contributed by atoms with Crippen LogP contribution in [-0.4, -0.2) is 33.4 Å². The maximum atomic E-state index is 8.78. The van der Waals surface area contributed by atoms with Crippen molar-refractivity contribution in [1.29, 1.82) is 0 Å². The molecule has 0 aliphatic carbocycles. The Labute approximate surface area is 104 Å². The summed E-state index contributed by atoms with van der Waals surface area (Å²) in [5, 5.41) is 15.6. The van der Waals surface area contributed by atoms with Crippen LogP contribution in [0.2, 0.25) is 0 Å². The zero-order valence-electron chi connectivity index (χ0n) is 10.3. The van der Waals surface area contributed by atoms with E-state index in [-0.39, 0.29) is 12.6 Å². The van der Waals surface area contributed by atoms with Crippen LogP contribution in [0.4, 0.5) is 11.8 Å². The lowest BCUT2D eigenvalue weighted by Gasteiger charge is -2.06. The zero-order chi connectivity index (χ0) is 13.1. The molecular weight excluding hydrogens is 234 g/mol. The maximum Gasteiger partial charge on any atom is 0.222 e. The number of nitrogen functional groups attached to an aromatic ring is 1. The standard InChI is InChI=1S/C11H15N5O2/c1-6-10(7(2)18-16-6)8-5-9(13-3-4-17)15-11(12)14-8/h5,17H,3-4H2,1-2H3,(H3,12,13,14,15). The van der Waals surface area contributed by atoms with Crippen LogP contribution < -0.4 is 11.1 Å². The Morgan fingerprint density at radius 1 is 1.39 bits per heavy atom. The number of aromatic nitrogens is 3. The molecule has 7 nitrogen and oxygen atoms in total. The molecule has 0 atom stereocenters. The third kappa shape index (κ3) is 2.40. The van der Waals surface area contributed by atoms with Gasteiger partial charge in [-0.2, -0.15) is 4.98 Å². The van der Waals surface area contributed by atoms with E-state index in [1.807, 2.05) is 13.8 Å². The summed E-state index contributed by atoms with van der Waals surface area (Å²) in [4.78, 5) is 8.20. The van der Waals surface area contributed by atoms with E-state index in [2.05, 4.69) is 20.4 Å². The highest BCUT2D eigenvalue weighted by atomic mass is 16.5. The molecule has 2 aromatic rings. The van der Waals surface area contributed by atoms with Crippen LogP contribution in [-0.2, 0) is 0 Å². The molecule has 0 aliphatic rings. The Balaban J connectivity index is 2.42. The van der Waals surface area contributed by atoms with Gasteiger partial charge in [0.25, 0.3) is 0 Å². The Morgan fingerprint density at radius 2 is 2.17 bits per heavy atom. The minimum absolute atomic E-state index is 0.0184. The molecule has 7 heteroatoms. The van der Waals surface area contributed by atoms with E-state index in [4.69, 9.17) is 15.4 Å². The summed E-state index contributed by atoms with van der Waals surface area (Å²) in [5.41, 5.74) is 7.88. The monoisotopic (exact) mass is 249 g/mol. The van der Waals surface area contributed by atoms with Crippen molar-refractivity contribution in [2.75, 3.05) is 24.2 Å². The number of hydrogen-bond acceptors (Lipinski definition) is 7. The first-order valence-electron chi connectivity index (χ1n) is 5.54. The third-order valence-electron chi connectivity index (χ3n) is 2.45. The summed E-state index contributed by atoms with van der Waals surface area (Å²) in [6.07, 6.45) is 0. The minimum atomic E-state index is 0.0184. The smallest absolute Gasteiger partial charge is 0.222 e. The SMILES string of the molecule is Cc1noc(C)c1-c1cc(NCCO)nc(N)n1. The van der Waals surface area contributed by atoms with Crippen LogP contribution in [0.25, 0.3) is 11.3 Å².